The number of fused-ring (bicyclic) bond motifs is 4. The van der Waals surface area contributed by atoms with E-state index in [0.29, 0.717) is 39.5 Å². The molecule has 0 amide bonds. The molecule has 0 unspecified atom stereocenters. The summed E-state index contributed by atoms with van der Waals surface area (Å²) in [7, 11) is 1.70. The first-order valence-electron chi connectivity index (χ1n) is 11.0. The molecule has 8 nitrogen and oxygen atoms in total. The van der Waals surface area contributed by atoms with Gasteiger partial charge in [0.2, 0.25) is 0 Å². The fraction of sp³-hybridized carbons (Fsp3) is 0.391. The van der Waals surface area contributed by atoms with Crippen LogP contribution in [-0.4, -0.2) is 42.6 Å². The van der Waals surface area contributed by atoms with Crippen molar-refractivity contribution in [2.24, 2.45) is 12.8 Å². The van der Waals surface area contributed by atoms with Crippen LogP contribution in [0.1, 0.15) is 31.5 Å². The van der Waals surface area contributed by atoms with Gasteiger partial charge in [-0.1, -0.05) is 17.7 Å². The van der Waals surface area contributed by atoms with E-state index in [1.54, 1.807) is 14.0 Å². The summed E-state index contributed by atoms with van der Waals surface area (Å²) in [6.07, 6.45) is 8.02. The highest BCUT2D eigenvalue weighted by molar-refractivity contribution is 6.38. The van der Waals surface area contributed by atoms with Crippen LogP contribution in [-0.2, 0) is 7.05 Å². The van der Waals surface area contributed by atoms with Crippen LogP contribution in [0.5, 0.6) is 0 Å². The number of H-pyrrole nitrogens is 1. The molecular weight excluding hydrogens is 426 g/mol. The van der Waals surface area contributed by atoms with Crippen LogP contribution in [0.25, 0.3) is 33.2 Å². The number of nitrogens with one attached hydrogen (secondary N) is 1. The molecule has 0 saturated carbocycles. The van der Waals surface area contributed by atoms with E-state index in [0.717, 1.165) is 48.1 Å². The van der Waals surface area contributed by atoms with Crippen molar-refractivity contribution in [3.8, 4) is 11.1 Å². The van der Waals surface area contributed by atoms with Gasteiger partial charge in [-0.15, -0.1) is 0 Å². The Labute approximate surface area is 189 Å². The smallest absolute Gasteiger partial charge is 0.262 e. The van der Waals surface area contributed by atoms with E-state index in [2.05, 4.69) is 14.9 Å². The number of hydrogen-bond donors (Lipinski definition) is 2. The molecule has 32 heavy (non-hydrogen) atoms. The fourth-order valence-electron chi connectivity index (χ4n) is 5.44. The van der Waals surface area contributed by atoms with Crippen molar-refractivity contribution in [1.29, 1.82) is 0 Å². The second-order valence-corrected chi connectivity index (χ2v) is 9.37. The lowest BCUT2D eigenvalue weighted by molar-refractivity contribution is 0.412. The number of piperidine rings is 1. The van der Waals surface area contributed by atoms with Crippen LogP contribution in [0.4, 0.5) is 5.82 Å². The molecule has 2 fully saturated rings. The summed E-state index contributed by atoms with van der Waals surface area (Å²) in [6.45, 7) is 1.80. The second-order valence-electron chi connectivity index (χ2n) is 9.00. The van der Waals surface area contributed by atoms with Gasteiger partial charge >= 0.3 is 0 Å². The van der Waals surface area contributed by atoms with Gasteiger partial charge in [-0.2, -0.15) is 0 Å². The molecule has 2 aliphatic heterocycles. The largest absolute Gasteiger partial charge is 0.349 e. The average Bonchev–Trinajstić information content (AvgIpc) is 3.30. The van der Waals surface area contributed by atoms with Crippen molar-refractivity contribution >= 4 is 39.5 Å². The topological polar surface area (TPSA) is 106 Å². The van der Waals surface area contributed by atoms with Crippen LogP contribution < -0.4 is 16.2 Å². The standard InChI is InChI=1S/C23H24ClN7O/c1-11-28-17-6-5-15(20(24)19(17)23(32)30(11)2)16-9-27-22-21(16)26-10-18(29-22)31-13-3-4-14(31)8-12(25)7-13/h5-6,9-10,12-14H,3-4,7-8,25H2,1-2H3,(H,27,29)/t12-,13+,14-. The first-order chi connectivity index (χ1) is 15.4. The lowest BCUT2D eigenvalue weighted by Crippen LogP contribution is -2.47. The maximum absolute atomic E-state index is 12.9. The van der Waals surface area contributed by atoms with Crippen molar-refractivity contribution in [3.05, 3.63) is 45.7 Å². The summed E-state index contributed by atoms with van der Waals surface area (Å²) in [5, 5.41) is 0.794. The van der Waals surface area contributed by atoms with E-state index in [1.807, 2.05) is 24.5 Å². The number of aromatic amines is 1. The third-order valence-electron chi connectivity index (χ3n) is 7.10. The Morgan fingerprint density at radius 2 is 1.91 bits per heavy atom. The number of aryl methyl sites for hydroxylation is 1. The predicted molar refractivity (Wildman–Crippen MR) is 126 cm³/mol. The molecule has 3 N–H and O–H groups in total. The zero-order valence-electron chi connectivity index (χ0n) is 18.0. The number of rotatable bonds is 2. The molecule has 1 aromatic carbocycles. The molecule has 6 rings (SSSR count). The molecule has 3 aromatic heterocycles. The quantitative estimate of drug-likeness (QED) is 0.486. The number of halogens is 1. The Bertz CT molecular complexity index is 1430. The number of nitrogens with two attached hydrogens (primary N) is 1. The molecule has 2 bridgehead atoms. The van der Waals surface area contributed by atoms with E-state index in [4.69, 9.17) is 27.3 Å². The molecular formula is C23H24ClN7O. The number of benzene rings is 1. The van der Waals surface area contributed by atoms with Crippen LogP contribution in [0.3, 0.4) is 0 Å². The molecule has 9 heteroatoms. The van der Waals surface area contributed by atoms with E-state index >= 15 is 0 Å². The molecule has 0 aliphatic carbocycles. The Morgan fingerprint density at radius 3 is 2.66 bits per heavy atom. The van der Waals surface area contributed by atoms with Crippen LogP contribution in [0.15, 0.2) is 29.3 Å². The molecule has 2 saturated heterocycles. The van der Waals surface area contributed by atoms with E-state index in [1.165, 1.54) is 4.57 Å². The van der Waals surface area contributed by atoms with Crippen molar-refractivity contribution in [2.45, 2.75) is 50.7 Å². The van der Waals surface area contributed by atoms with Gasteiger partial charge in [-0.3, -0.25) is 9.36 Å². The Hall–Kier alpha value is -2.97. The van der Waals surface area contributed by atoms with Gasteiger partial charge in [0.25, 0.3) is 5.56 Å². The van der Waals surface area contributed by atoms with E-state index in [9.17, 15) is 4.79 Å². The highest BCUT2D eigenvalue weighted by Gasteiger charge is 2.40. The summed E-state index contributed by atoms with van der Waals surface area (Å²) in [6, 6.07) is 4.87. The zero-order valence-corrected chi connectivity index (χ0v) is 18.7. The van der Waals surface area contributed by atoms with Gasteiger partial charge in [0, 0.05) is 42.5 Å². The monoisotopic (exact) mass is 449 g/mol. The van der Waals surface area contributed by atoms with E-state index in [-0.39, 0.29) is 11.6 Å². The van der Waals surface area contributed by atoms with Crippen molar-refractivity contribution in [3.63, 3.8) is 0 Å². The molecule has 164 valence electrons. The minimum atomic E-state index is -0.161. The Kier molecular flexibility index (Phi) is 4.32. The van der Waals surface area contributed by atoms with Gasteiger partial charge in [0.05, 0.1) is 22.1 Å². The van der Waals surface area contributed by atoms with Gasteiger partial charge in [0.1, 0.15) is 17.2 Å². The summed E-state index contributed by atoms with van der Waals surface area (Å²) in [5.41, 5.74) is 9.64. The Balaban J connectivity index is 1.45. The fourth-order valence-corrected chi connectivity index (χ4v) is 5.79. The molecule has 0 radical (unpaired) electrons. The summed E-state index contributed by atoms with van der Waals surface area (Å²) in [4.78, 5) is 32.7. The van der Waals surface area contributed by atoms with Crippen LogP contribution in [0, 0.1) is 6.92 Å². The van der Waals surface area contributed by atoms with Gasteiger partial charge in [0.15, 0.2) is 5.65 Å². The minimum absolute atomic E-state index is 0.161. The summed E-state index contributed by atoms with van der Waals surface area (Å²) >= 11 is 6.74. The van der Waals surface area contributed by atoms with E-state index < -0.39 is 0 Å². The predicted octanol–water partition coefficient (Wildman–Crippen LogP) is 3.29. The minimum Gasteiger partial charge on any atom is -0.349 e. The molecule has 2 aliphatic rings. The molecule has 4 aromatic rings. The second kappa shape index (κ2) is 7.02. The number of aromatic nitrogens is 5. The third-order valence-corrected chi connectivity index (χ3v) is 7.49. The van der Waals surface area contributed by atoms with Crippen molar-refractivity contribution < 1.29 is 0 Å². The van der Waals surface area contributed by atoms with Crippen molar-refractivity contribution in [2.75, 3.05) is 4.90 Å². The number of nitrogens with zero attached hydrogens (tertiary/aromatic N) is 5. The van der Waals surface area contributed by atoms with Crippen LogP contribution >= 0.6 is 11.6 Å². The maximum Gasteiger partial charge on any atom is 0.262 e. The third kappa shape index (κ3) is 2.79. The Morgan fingerprint density at radius 1 is 1.16 bits per heavy atom. The SMILES string of the molecule is Cc1nc2ccc(-c3c[nH]c4nc(N5[C@@H]6CC[C@H]5C[C@@H](N)C6)cnc34)c(Cl)c2c(=O)n1C. The van der Waals surface area contributed by atoms with Gasteiger partial charge < -0.3 is 15.6 Å². The molecule has 3 atom stereocenters. The lowest BCUT2D eigenvalue weighted by Gasteiger charge is -2.38. The number of hydrogen-bond acceptors (Lipinski definition) is 6. The lowest BCUT2D eigenvalue weighted by atomic mass is 9.98. The summed E-state index contributed by atoms with van der Waals surface area (Å²) < 4.78 is 1.51. The maximum atomic E-state index is 12.9. The van der Waals surface area contributed by atoms with Gasteiger partial charge in [-0.05, 0) is 38.7 Å². The van der Waals surface area contributed by atoms with Gasteiger partial charge in [-0.25, -0.2) is 15.0 Å². The highest BCUT2D eigenvalue weighted by Crippen LogP contribution is 2.39. The highest BCUT2D eigenvalue weighted by atomic mass is 35.5. The first-order valence-corrected chi connectivity index (χ1v) is 11.3. The van der Waals surface area contributed by atoms with Crippen molar-refractivity contribution in [1.82, 2.24) is 24.5 Å². The molecule has 0 spiro atoms. The zero-order chi connectivity index (χ0) is 22.1. The first kappa shape index (κ1) is 19.7. The number of anilines is 1. The average molecular weight is 450 g/mol. The summed E-state index contributed by atoms with van der Waals surface area (Å²) in [5.74, 6) is 1.54. The normalized spacial score (nSPS) is 22.9. The van der Waals surface area contributed by atoms with Crippen LogP contribution in [0.2, 0.25) is 5.02 Å². The molecule has 5 heterocycles.